The topological polar surface area (TPSA) is 90.8 Å². The third kappa shape index (κ3) is 3.33. The molecule has 0 saturated heterocycles. The number of rotatable bonds is 4. The number of aryl methyl sites for hydroxylation is 1. The van der Waals surface area contributed by atoms with Gasteiger partial charge in [0.15, 0.2) is 0 Å². The highest BCUT2D eigenvalue weighted by molar-refractivity contribution is 6.05. The van der Waals surface area contributed by atoms with E-state index >= 15 is 0 Å². The number of carbonyl (C=O) groups excluding carboxylic acids is 1. The average molecular weight is 390 g/mol. The first-order valence-electron chi connectivity index (χ1n) is 8.11. The van der Waals surface area contributed by atoms with Crippen LogP contribution in [0.5, 0.6) is 0 Å². The molecule has 0 aliphatic carbocycles. The Morgan fingerprint density at radius 1 is 1.29 bits per heavy atom. The summed E-state index contributed by atoms with van der Waals surface area (Å²) < 4.78 is 46.7. The molecule has 11 heteroatoms. The van der Waals surface area contributed by atoms with Gasteiger partial charge in [-0.15, -0.1) is 5.10 Å². The summed E-state index contributed by atoms with van der Waals surface area (Å²) in [5.41, 5.74) is 1.17. The van der Waals surface area contributed by atoms with E-state index < -0.39 is 23.4 Å². The van der Waals surface area contributed by atoms with Crippen molar-refractivity contribution >= 4 is 22.6 Å². The van der Waals surface area contributed by atoms with Crippen LogP contribution in [0.3, 0.4) is 0 Å². The Morgan fingerprint density at radius 2 is 2.07 bits per heavy atom. The Balaban J connectivity index is 1.52. The van der Waals surface area contributed by atoms with Crippen LogP contribution in [-0.4, -0.2) is 30.7 Å². The second-order valence-corrected chi connectivity index (χ2v) is 6.04. The molecule has 0 bridgehead atoms. The van der Waals surface area contributed by atoms with E-state index in [0.29, 0.717) is 0 Å². The molecule has 1 aromatic carbocycles. The molecule has 0 atom stereocenters. The molecule has 0 radical (unpaired) electrons. The first-order chi connectivity index (χ1) is 13.3. The predicted molar refractivity (Wildman–Crippen MR) is 91.6 cm³/mol. The van der Waals surface area contributed by atoms with E-state index in [1.54, 1.807) is 4.68 Å². The number of fused-ring (bicyclic) bond motifs is 1. The first kappa shape index (κ1) is 17.8. The minimum Gasteiger partial charge on any atom is -0.456 e. The molecule has 1 amide bonds. The van der Waals surface area contributed by atoms with Crippen LogP contribution in [0.25, 0.3) is 11.0 Å². The minimum atomic E-state index is -4.76. The van der Waals surface area contributed by atoms with Crippen LogP contribution in [0.1, 0.15) is 21.9 Å². The average Bonchev–Trinajstić information content (AvgIpc) is 3.34. The number of hydrogen-bond donors (Lipinski definition) is 1. The fourth-order valence-corrected chi connectivity index (χ4v) is 2.76. The van der Waals surface area contributed by atoms with Crippen LogP contribution in [-0.2, 0) is 12.8 Å². The van der Waals surface area contributed by atoms with Crippen molar-refractivity contribution in [2.75, 3.05) is 5.32 Å². The fourth-order valence-electron chi connectivity index (χ4n) is 2.76. The lowest BCUT2D eigenvalue weighted by Gasteiger charge is -2.06. The number of alkyl halides is 3. The summed E-state index contributed by atoms with van der Waals surface area (Å²) in [4.78, 5) is 12.3. The van der Waals surface area contributed by atoms with Gasteiger partial charge < -0.3 is 9.73 Å². The van der Waals surface area contributed by atoms with Crippen LogP contribution >= 0.6 is 0 Å². The molecule has 3 heterocycles. The zero-order valence-electron chi connectivity index (χ0n) is 14.4. The molecule has 144 valence electrons. The van der Waals surface area contributed by atoms with Gasteiger partial charge >= 0.3 is 6.18 Å². The van der Waals surface area contributed by atoms with Gasteiger partial charge in [-0.25, -0.2) is 9.36 Å². The largest absolute Gasteiger partial charge is 0.456 e. The van der Waals surface area contributed by atoms with Gasteiger partial charge in [-0.05, 0) is 25.1 Å². The summed E-state index contributed by atoms with van der Waals surface area (Å²) in [5.74, 6) is -2.27. The molecule has 4 rings (SSSR count). The lowest BCUT2D eigenvalue weighted by Crippen LogP contribution is -2.16. The van der Waals surface area contributed by atoms with Crippen molar-refractivity contribution in [2.24, 2.45) is 0 Å². The number of anilines is 1. The lowest BCUT2D eigenvalue weighted by molar-refractivity contribution is -0.153. The van der Waals surface area contributed by atoms with E-state index in [9.17, 15) is 18.0 Å². The van der Waals surface area contributed by atoms with Crippen molar-refractivity contribution in [2.45, 2.75) is 19.8 Å². The molecular formula is C17H13F3N6O2. The molecule has 0 unspecified atom stereocenters. The van der Waals surface area contributed by atoms with Gasteiger partial charge in [0.05, 0.1) is 29.2 Å². The summed E-state index contributed by atoms with van der Waals surface area (Å²) in [5, 5.41) is 14.5. The Kier molecular flexibility index (Phi) is 4.13. The smallest absolute Gasteiger partial charge is 0.450 e. The van der Waals surface area contributed by atoms with Crippen LogP contribution in [0.4, 0.5) is 18.9 Å². The summed E-state index contributed by atoms with van der Waals surface area (Å²) in [6, 6.07) is 8.40. The van der Waals surface area contributed by atoms with Crippen molar-refractivity contribution in [3.8, 4) is 0 Å². The van der Waals surface area contributed by atoms with Gasteiger partial charge in [-0.3, -0.25) is 4.79 Å². The van der Waals surface area contributed by atoms with Crippen molar-refractivity contribution in [1.29, 1.82) is 0 Å². The number of nitrogens with one attached hydrogen (secondary N) is 1. The Hall–Kier alpha value is -3.63. The number of hydrogen-bond acceptors (Lipinski definition) is 5. The highest BCUT2D eigenvalue weighted by Crippen LogP contribution is 2.34. The van der Waals surface area contributed by atoms with Gasteiger partial charge in [0.25, 0.3) is 5.91 Å². The quantitative estimate of drug-likeness (QED) is 0.577. The summed E-state index contributed by atoms with van der Waals surface area (Å²) in [6.07, 6.45) is -1.95. The second-order valence-electron chi connectivity index (χ2n) is 6.04. The molecule has 3 aromatic heterocycles. The molecule has 0 aliphatic rings. The molecule has 0 aliphatic heterocycles. The van der Waals surface area contributed by atoms with E-state index in [1.165, 1.54) is 24.0 Å². The normalized spacial score (nSPS) is 11.9. The van der Waals surface area contributed by atoms with Crippen molar-refractivity contribution < 1.29 is 22.4 Å². The third-order valence-corrected chi connectivity index (χ3v) is 3.95. The molecular weight excluding hydrogens is 377 g/mol. The Morgan fingerprint density at radius 3 is 2.86 bits per heavy atom. The molecule has 0 fully saturated rings. The van der Waals surface area contributed by atoms with E-state index in [2.05, 4.69) is 25.1 Å². The summed E-state index contributed by atoms with van der Waals surface area (Å²) in [7, 11) is 0. The van der Waals surface area contributed by atoms with Crippen molar-refractivity contribution in [1.82, 2.24) is 24.8 Å². The first-order valence-corrected chi connectivity index (χ1v) is 8.11. The maximum Gasteiger partial charge on any atom is 0.450 e. The monoisotopic (exact) mass is 390 g/mol. The molecule has 1 N–H and O–H groups in total. The van der Waals surface area contributed by atoms with E-state index in [-0.39, 0.29) is 18.1 Å². The number of aromatic nitrogens is 5. The zero-order chi connectivity index (χ0) is 19.9. The minimum absolute atomic E-state index is 0.00812. The maximum atomic E-state index is 13.0. The van der Waals surface area contributed by atoms with Crippen molar-refractivity contribution in [3.05, 3.63) is 59.8 Å². The van der Waals surface area contributed by atoms with E-state index in [0.717, 1.165) is 17.1 Å². The number of carbonyl (C=O) groups is 1. The van der Waals surface area contributed by atoms with Crippen LogP contribution in [0, 0.1) is 6.92 Å². The van der Waals surface area contributed by atoms with Gasteiger partial charge in [0, 0.05) is 0 Å². The predicted octanol–water partition coefficient (Wildman–Crippen LogP) is 3.31. The van der Waals surface area contributed by atoms with Gasteiger partial charge in [0.2, 0.25) is 5.76 Å². The zero-order valence-corrected chi connectivity index (χ0v) is 14.4. The number of furan rings is 1. The molecule has 0 spiro atoms. The standard InChI is InChI=1S/C17H13F3N6O2/c1-10-6-12(15(28-10)17(18,19)20)16(27)22-11-7-21-25(8-11)9-26-14-5-3-2-4-13(14)23-24-26/h2-8H,9H2,1H3,(H,22,27). The fraction of sp³-hybridized carbons (Fsp3) is 0.176. The Bertz CT molecular complexity index is 1160. The van der Waals surface area contributed by atoms with Crippen molar-refractivity contribution in [3.63, 3.8) is 0 Å². The number of nitrogens with zero attached hydrogens (tertiary/aromatic N) is 5. The lowest BCUT2D eigenvalue weighted by atomic mass is 10.2. The van der Waals surface area contributed by atoms with Gasteiger partial charge in [-0.1, -0.05) is 17.3 Å². The maximum absolute atomic E-state index is 13.0. The number of amides is 1. The molecule has 28 heavy (non-hydrogen) atoms. The van der Waals surface area contributed by atoms with Crippen LogP contribution in [0.2, 0.25) is 0 Å². The SMILES string of the molecule is Cc1cc(C(=O)Nc2cnn(Cn3nnc4ccccc43)c2)c(C(F)(F)F)o1. The van der Waals surface area contributed by atoms with Gasteiger partial charge in [0.1, 0.15) is 17.9 Å². The van der Waals surface area contributed by atoms with E-state index in [4.69, 9.17) is 0 Å². The number of para-hydroxylation sites is 1. The Labute approximate surface area is 155 Å². The highest BCUT2D eigenvalue weighted by Gasteiger charge is 2.40. The summed E-state index contributed by atoms with van der Waals surface area (Å²) in [6.45, 7) is 1.56. The number of benzene rings is 1. The second kappa shape index (κ2) is 6.51. The molecule has 4 aromatic rings. The highest BCUT2D eigenvalue weighted by atomic mass is 19.4. The van der Waals surface area contributed by atoms with Gasteiger partial charge in [-0.2, -0.15) is 18.3 Å². The third-order valence-electron chi connectivity index (χ3n) is 3.95. The van der Waals surface area contributed by atoms with Crippen LogP contribution < -0.4 is 5.32 Å². The number of halogens is 3. The molecule has 0 saturated carbocycles. The van der Waals surface area contributed by atoms with Crippen LogP contribution in [0.15, 0.2) is 47.1 Å². The van der Waals surface area contributed by atoms with E-state index in [1.807, 2.05) is 24.3 Å². The molecule has 8 nitrogen and oxygen atoms in total. The summed E-state index contributed by atoms with van der Waals surface area (Å²) >= 11 is 0.